The number of rotatable bonds is 2. The molecule has 0 N–H and O–H groups in total. The first-order chi connectivity index (χ1) is 6.91. The van der Waals surface area contributed by atoms with Crippen LogP contribution in [0, 0.1) is 37.8 Å². The molecule has 1 aromatic carbocycles. The minimum Gasteiger partial charge on any atom is -0.496 e. The number of nitro benzene ring substituents is 1. The number of nitrogens with zero attached hydrogens (tertiary/aromatic N) is 1. The second-order valence-corrected chi connectivity index (χ2v) is 3.64. The first-order valence-electron chi connectivity index (χ1n) is 4.70. The van der Waals surface area contributed by atoms with E-state index < -0.39 is 0 Å². The molecule has 0 fully saturated rings. The van der Waals surface area contributed by atoms with E-state index in [0.717, 1.165) is 16.7 Å². The van der Waals surface area contributed by atoms with Crippen LogP contribution in [0.3, 0.4) is 0 Å². The number of methoxy groups -OCH3 is 1. The van der Waals surface area contributed by atoms with Crippen LogP contribution < -0.4 is 4.74 Å². The van der Waals surface area contributed by atoms with Crippen LogP contribution in [-0.2, 0) is 0 Å². The highest BCUT2D eigenvalue weighted by atomic mass is 16.6. The van der Waals surface area contributed by atoms with Gasteiger partial charge in [0.25, 0.3) is 5.69 Å². The van der Waals surface area contributed by atoms with E-state index in [1.165, 1.54) is 7.11 Å². The monoisotopic (exact) mass is 209 g/mol. The lowest BCUT2D eigenvalue weighted by atomic mass is 9.97. The van der Waals surface area contributed by atoms with Crippen molar-refractivity contribution in [2.45, 2.75) is 27.7 Å². The Morgan fingerprint density at radius 2 is 1.53 bits per heavy atom. The van der Waals surface area contributed by atoms with Crippen LogP contribution in [0.15, 0.2) is 0 Å². The summed E-state index contributed by atoms with van der Waals surface area (Å²) in [5.41, 5.74) is 3.37. The third-order valence-corrected chi connectivity index (χ3v) is 2.90. The van der Waals surface area contributed by atoms with E-state index in [0.29, 0.717) is 11.3 Å². The first-order valence-corrected chi connectivity index (χ1v) is 4.70. The highest BCUT2D eigenvalue weighted by molar-refractivity contribution is 5.61. The summed E-state index contributed by atoms with van der Waals surface area (Å²) in [7, 11) is 1.54. The molecule has 0 aliphatic heterocycles. The van der Waals surface area contributed by atoms with Crippen LogP contribution in [-0.4, -0.2) is 12.0 Å². The van der Waals surface area contributed by atoms with Crippen molar-refractivity contribution in [3.63, 3.8) is 0 Å². The maximum Gasteiger partial charge on any atom is 0.279 e. The first kappa shape index (κ1) is 11.5. The Labute approximate surface area is 89.0 Å². The molecule has 0 aliphatic carbocycles. The van der Waals surface area contributed by atoms with Gasteiger partial charge in [0.2, 0.25) is 0 Å². The molecule has 0 aromatic heterocycles. The summed E-state index contributed by atoms with van der Waals surface area (Å²) in [5, 5.41) is 10.9. The molecule has 0 saturated carbocycles. The second kappa shape index (κ2) is 3.88. The molecule has 0 aliphatic rings. The zero-order valence-electron chi connectivity index (χ0n) is 9.67. The molecule has 0 unspecified atom stereocenters. The van der Waals surface area contributed by atoms with Gasteiger partial charge >= 0.3 is 0 Å². The average molecular weight is 209 g/mol. The molecule has 0 heterocycles. The van der Waals surface area contributed by atoms with Gasteiger partial charge in [0, 0.05) is 5.56 Å². The van der Waals surface area contributed by atoms with Gasteiger partial charge in [0.15, 0.2) is 0 Å². The van der Waals surface area contributed by atoms with Crippen molar-refractivity contribution in [1.29, 1.82) is 0 Å². The summed E-state index contributed by atoms with van der Waals surface area (Å²) >= 11 is 0. The fourth-order valence-corrected chi connectivity index (χ4v) is 1.88. The molecular formula is C11H15NO3. The third-order valence-electron chi connectivity index (χ3n) is 2.90. The van der Waals surface area contributed by atoms with E-state index in [9.17, 15) is 10.1 Å². The van der Waals surface area contributed by atoms with E-state index in [4.69, 9.17) is 4.74 Å². The largest absolute Gasteiger partial charge is 0.496 e. The fraction of sp³-hybridized carbons (Fsp3) is 0.455. The Morgan fingerprint density at radius 1 is 1.00 bits per heavy atom. The van der Waals surface area contributed by atoms with Crippen molar-refractivity contribution in [2.75, 3.05) is 7.11 Å². The lowest BCUT2D eigenvalue weighted by molar-refractivity contribution is -0.386. The topological polar surface area (TPSA) is 52.4 Å². The zero-order chi connectivity index (χ0) is 11.7. The quantitative estimate of drug-likeness (QED) is 0.556. The molecule has 4 heteroatoms. The number of hydrogen-bond donors (Lipinski definition) is 0. The predicted molar refractivity (Wildman–Crippen MR) is 58.6 cm³/mol. The standard InChI is InChI=1S/C11H15NO3/c1-6-7(2)10(12(13)14)9(4)11(15-5)8(6)3/h1-5H3. The number of ether oxygens (including phenoxy) is 1. The summed E-state index contributed by atoms with van der Waals surface area (Å²) in [6.45, 7) is 7.28. The van der Waals surface area contributed by atoms with E-state index in [1.54, 1.807) is 13.8 Å². The SMILES string of the molecule is COc1c(C)c(C)c(C)c([N+](=O)[O-])c1C. The van der Waals surface area contributed by atoms with Crippen LogP contribution in [0.2, 0.25) is 0 Å². The second-order valence-electron chi connectivity index (χ2n) is 3.64. The van der Waals surface area contributed by atoms with E-state index >= 15 is 0 Å². The van der Waals surface area contributed by atoms with Gasteiger partial charge in [-0.15, -0.1) is 0 Å². The van der Waals surface area contributed by atoms with Crippen LogP contribution in [0.1, 0.15) is 22.3 Å². The minimum atomic E-state index is -0.348. The van der Waals surface area contributed by atoms with Gasteiger partial charge in [-0.05, 0) is 38.8 Å². The molecule has 0 spiro atoms. The Bertz CT molecular complexity index is 425. The summed E-state index contributed by atoms with van der Waals surface area (Å²) in [4.78, 5) is 10.6. The van der Waals surface area contributed by atoms with Gasteiger partial charge in [0.1, 0.15) is 5.75 Å². The molecule has 1 rings (SSSR count). The smallest absolute Gasteiger partial charge is 0.279 e. The van der Waals surface area contributed by atoms with E-state index in [2.05, 4.69) is 0 Å². The summed E-state index contributed by atoms with van der Waals surface area (Å²) in [6, 6.07) is 0. The van der Waals surface area contributed by atoms with Gasteiger partial charge in [-0.25, -0.2) is 0 Å². The fourth-order valence-electron chi connectivity index (χ4n) is 1.88. The Kier molecular flexibility index (Phi) is 2.98. The summed E-state index contributed by atoms with van der Waals surface area (Å²) < 4.78 is 5.20. The third kappa shape index (κ3) is 1.67. The van der Waals surface area contributed by atoms with Crippen molar-refractivity contribution in [1.82, 2.24) is 0 Å². The molecule has 15 heavy (non-hydrogen) atoms. The normalized spacial score (nSPS) is 10.2. The molecule has 82 valence electrons. The minimum absolute atomic E-state index is 0.162. The molecule has 0 amide bonds. The molecule has 0 radical (unpaired) electrons. The zero-order valence-corrected chi connectivity index (χ0v) is 9.67. The van der Waals surface area contributed by atoms with Crippen molar-refractivity contribution >= 4 is 5.69 Å². The average Bonchev–Trinajstić information content (AvgIpc) is 2.15. The summed E-state index contributed by atoms with van der Waals surface area (Å²) in [5.74, 6) is 0.616. The van der Waals surface area contributed by atoms with Crippen LogP contribution in [0.5, 0.6) is 5.75 Å². The van der Waals surface area contributed by atoms with Gasteiger partial charge < -0.3 is 4.74 Å². The Morgan fingerprint density at radius 3 is 1.93 bits per heavy atom. The number of benzene rings is 1. The lowest BCUT2D eigenvalue weighted by Gasteiger charge is -2.14. The van der Waals surface area contributed by atoms with Crippen LogP contribution >= 0.6 is 0 Å². The Balaban J connectivity index is 3.68. The number of hydrogen-bond acceptors (Lipinski definition) is 3. The van der Waals surface area contributed by atoms with E-state index in [1.807, 2.05) is 13.8 Å². The van der Waals surface area contributed by atoms with Crippen molar-refractivity contribution in [3.05, 3.63) is 32.4 Å². The van der Waals surface area contributed by atoms with Crippen molar-refractivity contribution in [3.8, 4) is 5.75 Å². The number of nitro groups is 1. The molecule has 0 bridgehead atoms. The van der Waals surface area contributed by atoms with Gasteiger partial charge in [-0.3, -0.25) is 10.1 Å². The molecule has 0 saturated heterocycles. The lowest BCUT2D eigenvalue weighted by Crippen LogP contribution is -2.03. The highest BCUT2D eigenvalue weighted by Crippen LogP contribution is 2.36. The van der Waals surface area contributed by atoms with E-state index in [-0.39, 0.29) is 10.6 Å². The van der Waals surface area contributed by atoms with Gasteiger partial charge in [-0.1, -0.05) is 0 Å². The predicted octanol–water partition coefficient (Wildman–Crippen LogP) is 2.84. The van der Waals surface area contributed by atoms with Crippen LogP contribution in [0.4, 0.5) is 5.69 Å². The molecular weight excluding hydrogens is 194 g/mol. The molecule has 0 atom stereocenters. The van der Waals surface area contributed by atoms with Gasteiger partial charge in [0.05, 0.1) is 17.6 Å². The highest BCUT2D eigenvalue weighted by Gasteiger charge is 2.22. The molecule has 1 aromatic rings. The molecule has 4 nitrogen and oxygen atoms in total. The maximum absolute atomic E-state index is 10.9. The van der Waals surface area contributed by atoms with Crippen molar-refractivity contribution in [2.24, 2.45) is 0 Å². The summed E-state index contributed by atoms with van der Waals surface area (Å²) in [6.07, 6.45) is 0. The van der Waals surface area contributed by atoms with Crippen LogP contribution in [0.25, 0.3) is 0 Å². The van der Waals surface area contributed by atoms with Gasteiger partial charge in [-0.2, -0.15) is 0 Å². The maximum atomic E-state index is 10.9. The Hall–Kier alpha value is -1.58. The van der Waals surface area contributed by atoms with Crippen molar-refractivity contribution < 1.29 is 9.66 Å².